The van der Waals surface area contributed by atoms with E-state index in [0.717, 1.165) is 5.56 Å². The van der Waals surface area contributed by atoms with Crippen LogP contribution in [-0.2, 0) is 0 Å². The number of halogens is 3. The molecule has 0 fully saturated rings. The number of aromatic nitrogens is 2. The van der Waals surface area contributed by atoms with Crippen molar-refractivity contribution in [2.45, 2.75) is 19.2 Å². The molecule has 1 aromatic heterocycles. The van der Waals surface area contributed by atoms with Gasteiger partial charge in [-0.15, -0.1) is 11.6 Å². The number of alkyl halides is 1. The highest BCUT2D eigenvalue weighted by Crippen LogP contribution is 2.30. The van der Waals surface area contributed by atoms with Crippen molar-refractivity contribution in [2.75, 3.05) is 0 Å². The topological polar surface area (TPSA) is 17.8 Å². The zero-order valence-electron chi connectivity index (χ0n) is 11.6. The molecule has 0 amide bonds. The van der Waals surface area contributed by atoms with Crippen LogP contribution in [0, 0.1) is 18.6 Å². The van der Waals surface area contributed by atoms with Crippen molar-refractivity contribution in [1.29, 1.82) is 0 Å². The monoisotopic (exact) mass is 306 g/mol. The van der Waals surface area contributed by atoms with E-state index in [1.165, 1.54) is 18.2 Å². The summed E-state index contributed by atoms with van der Waals surface area (Å²) < 4.78 is 29.4. The Balaban J connectivity index is 2.38. The van der Waals surface area contributed by atoms with Crippen LogP contribution in [0.5, 0.6) is 0 Å². The summed E-state index contributed by atoms with van der Waals surface area (Å²) in [6, 6.07) is 9.11. The number of nitrogens with zero attached hydrogens (tertiary/aromatic N) is 2. The summed E-state index contributed by atoms with van der Waals surface area (Å²) in [5.74, 6) is -0.304. The molecule has 0 aliphatic carbocycles. The van der Waals surface area contributed by atoms with E-state index in [1.807, 2.05) is 6.92 Å². The van der Waals surface area contributed by atoms with Crippen molar-refractivity contribution in [3.63, 3.8) is 0 Å². The van der Waals surface area contributed by atoms with E-state index in [9.17, 15) is 8.78 Å². The zero-order chi connectivity index (χ0) is 15.1. The van der Waals surface area contributed by atoms with Crippen LogP contribution in [-0.4, -0.2) is 9.55 Å². The Morgan fingerprint density at radius 1 is 1.14 bits per heavy atom. The third-order valence-corrected chi connectivity index (χ3v) is 3.54. The minimum Gasteiger partial charge on any atom is -0.292 e. The highest BCUT2D eigenvalue weighted by molar-refractivity contribution is 6.20. The van der Waals surface area contributed by atoms with Crippen LogP contribution in [0.3, 0.4) is 0 Å². The first-order valence-electron chi connectivity index (χ1n) is 6.56. The first kappa shape index (κ1) is 14.0. The normalized spacial score (nSPS) is 12.8. The molecule has 1 atom stereocenters. The van der Waals surface area contributed by atoms with Gasteiger partial charge in [-0.05, 0) is 43.7 Å². The molecule has 21 heavy (non-hydrogen) atoms. The second-order valence-corrected chi connectivity index (χ2v) is 5.66. The lowest BCUT2D eigenvalue weighted by Crippen LogP contribution is -2.04. The van der Waals surface area contributed by atoms with Gasteiger partial charge in [0.05, 0.1) is 22.1 Å². The number of hydrogen-bond acceptors (Lipinski definition) is 1. The minimum atomic E-state index is -0.429. The SMILES string of the molecule is Cc1ccc(-n2c(C(C)Cl)nc3ccc(F)cc32)c(F)c1. The van der Waals surface area contributed by atoms with Gasteiger partial charge in [0.2, 0.25) is 0 Å². The Bertz CT molecular complexity index is 825. The van der Waals surface area contributed by atoms with E-state index in [-0.39, 0.29) is 0 Å². The molecule has 0 spiro atoms. The second-order valence-electron chi connectivity index (χ2n) is 5.01. The molecular weight excluding hydrogens is 294 g/mol. The molecule has 0 N–H and O–H groups in total. The van der Waals surface area contributed by atoms with Crippen LogP contribution >= 0.6 is 11.6 Å². The van der Waals surface area contributed by atoms with Gasteiger partial charge in [0.25, 0.3) is 0 Å². The Labute approximate surface area is 126 Å². The summed E-state index contributed by atoms with van der Waals surface area (Å²) in [5.41, 5.74) is 2.21. The summed E-state index contributed by atoms with van der Waals surface area (Å²) in [6.07, 6.45) is 0. The van der Waals surface area contributed by atoms with Crippen molar-refractivity contribution in [2.24, 2.45) is 0 Å². The van der Waals surface area contributed by atoms with Crippen molar-refractivity contribution >= 4 is 22.6 Å². The molecule has 0 saturated carbocycles. The van der Waals surface area contributed by atoms with E-state index in [0.29, 0.717) is 22.5 Å². The zero-order valence-corrected chi connectivity index (χ0v) is 12.3. The molecule has 2 nitrogen and oxygen atoms in total. The maximum absolute atomic E-state index is 14.3. The molecule has 3 rings (SSSR count). The third-order valence-electron chi connectivity index (χ3n) is 3.34. The third kappa shape index (κ3) is 2.40. The summed E-state index contributed by atoms with van der Waals surface area (Å²) in [5, 5.41) is -0.429. The van der Waals surface area contributed by atoms with Crippen LogP contribution in [0.25, 0.3) is 16.7 Å². The Morgan fingerprint density at radius 2 is 1.90 bits per heavy atom. The predicted octanol–water partition coefficient (Wildman–Crippen LogP) is 4.91. The summed E-state index contributed by atoms with van der Waals surface area (Å²) in [4.78, 5) is 4.39. The van der Waals surface area contributed by atoms with Gasteiger partial charge in [-0.2, -0.15) is 0 Å². The largest absolute Gasteiger partial charge is 0.292 e. The first-order chi connectivity index (χ1) is 9.97. The molecule has 0 saturated heterocycles. The van der Waals surface area contributed by atoms with E-state index in [1.54, 1.807) is 29.7 Å². The predicted molar refractivity (Wildman–Crippen MR) is 80.0 cm³/mol. The van der Waals surface area contributed by atoms with Gasteiger partial charge in [-0.1, -0.05) is 6.07 Å². The standard InChI is InChI=1S/C16H13ClF2N2/c1-9-3-6-14(12(19)7-9)21-15-8-11(18)4-5-13(15)20-16(21)10(2)17/h3-8,10H,1-2H3. The number of benzene rings is 2. The smallest absolute Gasteiger partial charge is 0.147 e. The molecule has 3 aromatic rings. The van der Waals surface area contributed by atoms with E-state index in [4.69, 9.17) is 11.6 Å². The summed E-state index contributed by atoms with van der Waals surface area (Å²) >= 11 is 6.15. The van der Waals surface area contributed by atoms with Gasteiger partial charge in [-0.3, -0.25) is 4.57 Å². The van der Waals surface area contributed by atoms with Gasteiger partial charge in [-0.25, -0.2) is 13.8 Å². The van der Waals surface area contributed by atoms with Gasteiger partial charge in [0.1, 0.15) is 17.5 Å². The Hall–Kier alpha value is -1.94. The quantitative estimate of drug-likeness (QED) is 0.615. The van der Waals surface area contributed by atoms with E-state index < -0.39 is 17.0 Å². The maximum Gasteiger partial charge on any atom is 0.147 e. The Kier molecular flexibility index (Phi) is 3.41. The fourth-order valence-corrected chi connectivity index (χ4v) is 2.53. The van der Waals surface area contributed by atoms with Crippen molar-refractivity contribution < 1.29 is 8.78 Å². The molecule has 108 valence electrons. The highest BCUT2D eigenvalue weighted by Gasteiger charge is 2.19. The van der Waals surface area contributed by atoms with Crippen LogP contribution < -0.4 is 0 Å². The molecule has 0 radical (unpaired) electrons. The number of aryl methyl sites for hydroxylation is 1. The van der Waals surface area contributed by atoms with E-state index >= 15 is 0 Å². The van der Waals surface area contributed by atoms with Crippen LogP contribution in [0.15, 0.2) is 36.4 Å². The second kappa shape index (κ2) is 5.11. The van der Waals surface area contributed by atoms with Crippen LogP contribution in [0.1, 0.15) is 23.7 Å². The lowest BCUT2D eigenvalue weighted by atomic mass is 10.2. The lowest BCUT2D eigenvalue weighted by molar-refractivity contribution is 0.614. The number of fused-ring (bicyclic) bond motifs is 1. The van der Waals surface area contributed by atoms with Crippen LogP contribution in [0.4, 0.5) is 8.78 Å². The molecular formula is C16H13ClF2N2. The molecule has 2 aromatic carbocycles. The molecule has 0 aliphatic rings. The average molecular weight is 307 g/mol. The van der Waals surface area contributed by atoms with Gasteiger partial charge in [0, 0.05) is 6.07 Å². The average Bonchev–Trinajstić information content (AvgIpc) is 2.77. The molecule has 1 unspecified atom stereocenters. The van der Waals surface area contributed by atoms with Gasteiger partial charge < -0.3 is 0 Å². The molecule has 5 heteroatoms. The van der Waals surface area contributed by atoms with Crippen molar-refractivity contribution in [3.8, 4) is 5.69 Å². The highest BCUT2D eigenvalue weighted by atomic mass is 35.5. The molecule has 0 aliphatic heterocycles. The van der Waals surface area contributed by atoms with Gasteiger partial charge >= 0.3 is 0 Å². The number of imidazole rings is 1. The molecule has 0 bridgehead atoms. The lowest BCUT2D eigenvalue weighted by Gasteiger charge is -2.12. The minimum absolute atomic E-state index is 0.316. The van der Waals surface area contributed by atoms with Crippen molar-refractivity contribution in [1.82, 2.24) is 9.55 Å². The summed E-state index contributed by atoms with van der Waals surface area (Å²) in [6.45, 7) is 3.56. The fraction of sp³-hybridized carbons (Fsp3) is 0.188. The Morgan fingerprint density at radius 3 is 2.57 bits per heavy atom. The number of hydrogen-bond donors (Lipinski definition) is 0. The van der Waals surface area contributed by atoms with E-state index in [2.05, 4.69) is 4.98 Å². The van der Waals surface area contributed by atoms with Crippen LogP contribution in [0.2, 0.25) is 0 Å². The maximum atomic E-state index is 14.3. The van der Waals surface area contributed by atoms with Crippen molar-refractivity contribution in [3.05, 3.63) is 59.4 Å². The summed E-state index contributed by atoms with van der Waals surface area (Å²) in [7, 11) is 0. The first-order valence-corrected chi connectivity index (χ1v) is 6.99. The fourth-order valence-electron chi connectivity index (χ4n) is 2.38. The number of rotatable bonds is 2. The molecule has 1 heterocycles. The van der Waals surface area contributed by atoms with Gasteiger partial charge in [0.15, 0.2) is 0 Å².